The fourth-order valence-corrected chi connectivity index (χ4v) is 2.39. The molecule has 0 aliphatic carbocycles. The van der Waals surface area contributed by atoms with Crippen molar-refractivity contribution in [2.24, 2.45) is 0 Å². The van der Waals surface area contributed by atoms with Crippen LogP contribution in [0.3, 0.4) is 0 Å². The van der Waals surface area contributed by atoms with Crippen molar-refractivity contribution in [3.8, 4) is 0 Å². The Kier molecular flexibility index (Phi) is 2.52. The third-order valence-corrected chi connectivity index (χ3v) is 3.36. The van der Waals surface area contributed by atoms with Gasteiger partial charge >= 0.3 is 0 Å². The van der Waals surface area contributed by atoms with E-state index in [1.807, 2.05) is 36.4 Å². The Labute approximate surface area is 112 Å². The fraction of sp³-hybridized carbons (Fsp3) is 0. The van der Waals surface area contributed by atoms with Gasteiger partial charge in [0.25, 0.3) is 11.8 Å². The Balaban J connectivity index is 2.14. The first-order valence-electron chi connectivity index (χ1n) is 5.40. The van der Waals surface area contributed by atoms with Gasteiger partial charge in [0.15, 0.2) is 0 Å². The first-order chi connectivity index (χ1) is 8.63. The van der Waals surface area contributed by atoms with Crippen LogP contribution >= 0.6 is 15.9 Å². The Morgan fingerprint density at radius 2 is 1.67 bits per heavy atom. The highest BCUT2D eigenvalue weighted by Gasteiger charge is 2.21. The molecule has 0 fully saturated rings. The molecule has 88 valence electrons. The summed E-state index contributed by atoms with van der Waals surface area (Å²) in [6, 6.07) is 11.6. The Morgan fingerprint density at radius 3 is 2.39 bits per heavy atom. The highest BCUT2D eigenvalue weighted by molar-refractivity contribution is 9.10. The van der Waals surface area contributed by atoms with Crippen LogP contribution in [-0.4, -0.2) is 11.8 Å². The minimum absolute atomic E-state index is 0.337. The molecule has 0 bridgehead atoms. The zero-order valence-corrected chi connectivity index (χ0v) is 10.8. The van der Waals surface area contributed by atoms with E-state index in [0.717, 1.165) is 20.8 Å². The van der Waals surface area contributed by atoms with Crippen molar-refractivity contribution in [2.75, 3.05) is 0 Å². The number of fused-ring (bicyclic) bond motifs is 1. The van der Waals surface area contributed by atoms with Crippen molar-refractivity contribution >= 4 is 44.1 Å². The van der Waals surface area contributed by atoms with Gasteiger partial charge in [-0.2, -0.15) is 0 Å². The topological polar surface area (TPSA) is 46.2 Å². The average Bonchev–Trinajstić information content (AvgIpc) is 2.68. The van der Waals surface area contributed by atoms with Gasteiger partial charge in [0.2, 0.25) is 0 Å². The molecule has 1 N–H and O–H groups in total. The predicted molar refractivity (Wildman–Crippen MR) is 72.8 cm³/mol. The number of carbonyl (C=O) groups excluding carboxylic acids is 2. The molecule has 3 nitrogen and oxygen atoms in total. The standard InChI is InChI=1S/C14H8BrNO2/c15-11-4-3-8-5-10(2-1-9(8)6-11)12-7-13(17)16-14(12)18/h1-7H,(H,16,17,18). The number of hydrogen-bond acceptors (Lipinski definition) is 2. The van der Waals surface area contributed by atoms with Crippen molar-refractivity contribution < 1.29 is 9.59 Å². The summed E-state index contributed by atoms with van der Waals surface area (Å²) in [6.07, 6.45) is 1.34. The average molecular weight is 302 g/mol. The second-order valence-corrected chi connectivity index (χ2v) is 5.00. The first-order valence-corrected chi connectivity index (χ1v) is 6.19. The van der Waals surface area contributed by atoms with Crippen LogP contribution < -0.4 is 5.32 Å². The van der Waals surface area contributed by atoms with Gasteiger partial charge in [-0.15, -0.1) is 0 Å². The van der Waals surface area contributed by atoms with E-state index in [2.05, 4.69) is 21.2 Å². The normalized spacial score (nSPS) is 14.8. The lowest BCUT2D eigenvalue weighted by Gasteiger charge is -2.03. The molecule has 0 unspecified atom stereocenters. The van der Waals surface area contributed by atoms with Gasteiger partial charge in [0.05, 0.1) is 5.57 Å². The smallest absolute Gasteiger partial charge is 0.258 e. The van der Waals surface area contributed by atoms with E-state index in [-0.39, 0.29) is 11.8 Å². The van der Waals surface area contributed by atoms with Gasteiger partial charge in [-0.25, -0.2) is 0 Å². The van der Waals surface area contributed by atoms with Gasteiger partial charge in [-0.05, 0) is 34.5 Å². The molecule has 0 radical (unpaired) electrons. The van der Waals surface area contributed by atoms with E-state index in [1.54, 1.807) is 0 Å². The summed E-state index contributed by atoms with van der Waals surface area (Å²) >= 11 is 3.41. The molecule has 2 amide bonds. The predicted octanol–water partition coefficient (Wildman–Crippen LogP) is 2.64. The van der Waals surface area contributed by atoms with Crippen LogP contribution in [0.4, 0.5) is 0 Å². The van der Waals surface area contributed by atoms with Gasteiger partial charge < -0.3 is 0 Å². The lowest BCUT2D eigenvalue weighted by molar-refractivity contribution is -0.123. The van der Waals surface area contributed by atoms with Crippen LogP contribution in [0.2, 0.25) is 0 Å². The van der Waals surface area contributed by atoms with Gasteiger partial charge in [-0.1, -0.05) is 34.1 Å². The van der Waals surface area contributed by atoms with Crippen LogP contribution in [0.5, 0.6) is 0 Å². The summed E-state index contributed by atoms with van der Waals surface area (Å²) in [5, 5.41) is 4.36. The molecule has 1 aliphatic heterocycles. The Morgan fingerprint density at radius 1 is 0.944 bits per heavy atom. The summed E-state index contributed by atoms with van der Waals surface area (Å²) in [5.41, 5.74) is 1.18. The van der Waals surface area contributed by atoms with Gasteiger partial charge in [0, 0.05) is 10.5 Å². The maximum absolute atomic E-state index is 11.6. The van der Waals surface area contributed by atoms with Crippen molar-refractivity contribution in [3.05, 3.63) is 52.5 Å². The molecule has 3 rings (SSSR count). The summed E-state index contributed by atoms with van der Waals surface area (Å²) in [6.45, 7) is 0. The van der Waals surface area contributed by atoms with E-state index < -0.39 is 0 Å². The maximum Gasteiger partial charge on any atom is 0.258 e. The van der Waals surface area contributed by atoms with E-state index in [4.69, 9.17) is 0 Å². The third-order valence-electron chi connectivity index (χ3n) is 2.87. The van der Waals surface area contributed by atoms with Crippen molar-refractivity contribution in [2.45, 2.75) is 0 Å². The molecule has 18 heavy (non-hydrogen) atoms. The molecule has 0 aromatic heterocycles. The number of imide groups is 1. The number of halogens is 1. The highest BCUT2D eigenvalue weighted by Crippen LogP contribution is 2.25. The molecule has 0 saturated carbocycles. The van der Waals surface area contributed by atoms with Crippen LogP contribution in [0.1, 0.15) is 5.56 Å². The second kappa shape index (κ2) is 4.07. The molecule has 0 saturated heterocycles. The van der Waals surface area contributed by atoms with Crippen molar-refractivity contribution in [1.29, 1.82) is 0 Å². The highest BCUT2D eigenvalue weighted by atomic mass is 79.9. The molecule has 4 heteroatoms. The zero-order valence-electron chi connectivity index (χ0n) is 9.24. The minimum Gasteiger partial charge on any atom is -0.289 e. The molecular weight excluding hydrogens is 294 g/mol. The van der Waals surface area contributed by atoms with Crippen LogP contribution in [-0.2, 0) is 9.59 Å². The lowest BCUT2D eigenvalue weighted by atomic mass is 10.0. The molecule has 2 aromatic carbocycles. The van der Waals surface area contributed by atoms with E-state index in [0.29, 0.717) is 5.57 Å². The molecule has 2 aromatic rings. The van der Waals surface area contributed by atoms with Crippen molar-refractivity contribution in [3.63, 3.8) is 0 Å². The SMILES string of the molecule is O=C1C=C(c2ccc3cc(Br)ccc3c2)C(=O)N1. The quantitative estimate of drug-likeness (QED) is 0.823. The Hall–Kier alpha value is -1.94. The number of rotatable bonds is 1. The monoisotopic (exact) mass is 301 g/mol. The van der Waals surface area contributed by atoms with Crippen LogP contribution in [0.15, 0.2) is 46.9 Å². The summed E-state index contributed by atoms with van der Waals surface area (Å²) < 4.78 is 1.01. The maximum atomic E-state index is 11.6. The lowest BCUT2D eigenvalue weighted by Crippen LogP contribution is -2.21. The Bertz CT molecular complexity index is 719. The third kappa shape index (κ3) is 1.84. The zero-order chi connectivity index (χ0) is 12.7. The minimum atomic E-state index is -0.356. The van der Waals surface area contributed by atoms with Crippen LogP contribution in [0.25, 0.3) is 16.3 Å². The molecule has 1 heterocycles. The van der Waals surface area contributed by atoms with E-state index >= 15 is 0 Å². The summed E-state index contributed by atoms with van der Waals surface area (Å²) in [7, 11) is 0. The van der Waals surface area contributed by atoms with Gasteiger partial charge in [0.1, 0.15) is 0 Å². The summed E-state index contributed by atoms with van der Waals surface area (Å²) in [5.74, 6) is -0.692. The number of benzene rings is 2. The largest absolute Gasteiger partial charge is 0.289 e. The van der Waals surface area contributed by atoms with E-state index in [1.165, 1.54) is 6.08 Å². The number of hydrogen-bond donors (Lipinski definition) is 1. The second-order valence-electron chi connectivity index (χ2n) is 4.08. The molecule has 1 aliphatic rings. The van der Waals surface area contributed by atoms with Crippen LogP contribution in [0, 0.1) is 0 Å². The molecular formula is C14H8BrNO2. The molecule has 0 atom stereocenters. The van der Waals surface area contributed by atoms with E-state index in [9.17, 15) is 9.59 Å². The number of nitrogens with one attached hydrogen (secondary N) is 1. The van der Waals surface area contributed by atoms with Crippen molar-refractivity contribution in [1.82, 2.24) is 5.32 Å². The fourth-order valence-electron chi connectivity index (χ4n) is 2.01. The summed E-state index contributed by atoms with van der Waals surface area (Å²) in [4.78, 5) is 22.7. The number of amides is 2. The first kappa shape index (κ1) is 11.2. The van der Waals surface area contributed by atoms with Gasteiger partial charge in [-0.3, -0.25) is 14.9 Å². The molecule has 0 spiro atoms. The number of carbonyl (C=O) groups is 2.